The van der Waals surface area contributed by atoms with E-state index in [1.807, 2.05) is 6.08 Å². The smallest absolute Gasteiger partial charge is 0.310 e. The van der Waals surface area contributed by atoms with Crippen molar-refractivity contribution in [1.82, 2.24) is 0 Å². The van der Waals surface area contributed by atoms with Crippen LogP contribution in [0.25, 0.3) is 0 Å². The van der Waals surface area contributed by atoms with Crippen molar-refractivity contribution >= 4 is 17.9 Å². The lowest BCUT2D eigenvalue weighted by atomic mass is 10.0. The van der Waals surface area contributed by atoms with Gasteiger partial charge in [0.1, 0.15) is 13.2 Å². The van der Waals surface area contributed by atoms with Gasteiger partial charge >= 0.3 is 17.9 Å². The number of allylic oxidation sites excluding steroid dienone is 9. The highest BCUT2D eigenvalue weighted by Gasteiger charge is 2.19. The Morgan fingerprint density at radius 1 is 0.256 bits per heavy atom. The molecule has 6 nitrogen and oxygen atoms in total. The number of hydrogen-bond donors (Lipinski definition) is 0. The fraction of sp³-hybridized carbons (Fsp3) is 0.829. The second-order valence-corrected chi connectivity index (χ2v) is 24.5. The summed E-state index contributed by atoms with van der Waals surface area (Å²) < 4.78 is 16.8. The first-order chi connectivity index (χ1) is 40.5. The van der Waals surface area contributed by atoms with Crippen molar-refractivity contribution in [2.24, 2.45) is 0 Å². The van der Waals surface area contributed by atoms with Crippen molar-refractivity contribution in [3.05, 3.63) is 60.8 Å². The van der Waals surface area contributed by atoms with Crippen LogP contribution in [0.5, 0.6) is 0 Å². The van der Waals surface area contributed by atoms with Crippen LogP contribution in [0.1, 0.15) is 387 Å². The number of rotatable bonds is 67. The maximum absolute atomic E-state index is 12.8. The highest BCUT2D eigenvalue weighted by atomic mass is 16.6. The lowest BCUT2D eigenvalue weighted by Gasteiger charge is -2.18. The van der Waals surface area contributed by atoms with Crippen LogP contribution >= 0.6 is 0 Å². The molecule has 0 aliphatic rings. The van der Waals surface area contributed by atoms with Crippen LogP contribution in [0.4, 0.5) is 0 Å². The minimum Gasteiger partial charge on any atom is -0.462 e. The van der Waals surface area contributed by atoms with Crippen molar-refractivity contribution in [3.8, 4) is 0 Å². The molecule has 0 spiro atoms. The van der Waals surface area contributed by atoms with E-state index in [1.165, 1.54) is 276 Å². The molecule has 0 N–H and O–H groups in total. The first-order valence-corrected chi connectivity index (χ1v) is 36.3. The fourth-order valence-electron chi connectivity index (χ4n) is 10.9. The van der Waals surface area contributed by atoms with Crippen molar-refractivity contribution in [3.63, 3.8) is 0 Å². The van der Waals surface area contributed by atoms with Gasteiger partial charge in [-0.3, -0.25) is 14.4 Å². The predicted octanol–water partition coefficient (Wildman–Crippen LogP) is 25.1. The topological polar surface area (TPSA) is 78.9 Å². The van der Waals surface area contributed by atoms with Crippen LogP contribution in [0.3, 0.4) is 0 Å². The van der Waals surface area contributed by atoms with Gasteiger partial charge in [0.25, 0.3) is 0 Å². The van der Waals surface area contributed by atoms with Gasteiger partial charge in [0.05, 0.1) is 6.42 Å². The van der Waals surface area contributed by atoms with E-state index < -0.39 is 12.1 Å². The molecule has 0 aliphatic heterocycles. The molecule has 0 heterocycles. The number of carbonyl (C=O) groups is 3. The number of ether oxygens (including phenoxy) is 3. The van der Waals surface area contributed by atoms with Crippen molar-refractivity contribution in [1.29, 1.82) is 0 Å². The first kappa shape index (κ1) is 79.1. The Morgan fingerprint density at radius 2 is 0.463 bits per heavy atom. The Morgan fingerprint density at radius 3 is 0.695 bits per heavy atom. The van der Waals surface area contributed by atoms with Gasteiger partial charge in [-0.15, -0.1) is 0 Å². The van der Waals surface area contributed by atoms with Gasteiger partial charge in [-0.1, -0.05) is 383 Å². The molecule has 0 bridgehead atoms. The minimum atomic E-state index is -0.827. The van der Waals surface area contributed by atoms with E-state index >= 15 is 0 Å². The summed E-state index contributed by atoms with van der Waals surface area (Å²) in [6.45, 7) is 6.51. The van der Waals surface area contributed by atoms with Crippen LogP contribution in [0, 0.1) is 0 Å². The number of carbonyl (C=O) groups excluding carboxylic acids is 3. The maximum Gasteiger partial charge on any atom is 0.310 e. The van der Waals surface area contributed by atoms with Gasteiger partial charge in [-0.2, -0.15) is 0 Å². The molecule has 0 aliphatic carbocycles. The standard InChI is InChI=1S/C76H138O6/c1-4-7-10-13-16-19-22-25-28-29-30-31-32-33-34-35-36-37-38-39-40-41-42-43-44-45-46-49-51-54-57-60-63-66-69-75(78)81-72-73(82-76(79)70-67-64-61-58-55-52-48-27-24-21-18-15-12-9-6-3)71-80-74(77)68-65-62-59-56-53-50-47-26-23-20-17-14-11-8-5-2/h9,12,18,21,27,48,55,58,64,67,73H,4-8,10-11,13-17,19-20,22-26,28-47,49-54,56-57,59-63,65-66,68-72H2,1-3H3/b12-9-,21-18-,48-27-,58-55-,67-64-. The Hall–Kier alpha value is -2.89. The van der Waals surface area contributed by atoms with Gasteiger partial charge in [-0.05, 0) is 44.9 Å². The fourth-order valence-corrected chi connectivity index (χ4v) is 10.9. The Bertz CT molecular complexity index is 1460. The largest absolute Gasteiger partial charge is 0.462 e. The van der Waals surface area contributed by atoms with Gasteiger partial charge in [-0.25, -0.2) is 0 Å². The lowest BCUT2D eigenvalue weighted by molar-refractivity contribution is -0.166. The molecular weight excluding hydrogens is 1010 g/mol. The van der Waals surface area contributed by atoms with E-state index in [0.29, 0.717) is 12.8 Å². The van der Waals surface area contributed by atoms with E-state index in [0.717, 1.165) is 70.6 Å². The third-order valence-electron chi connectivity index (χ3n) is 16.3. The summed E-state index contributed by atoms with van der Waals surface area (Å²) in [5, 5.41) is 0. The summed E-state index contributed by atoms with van der Waals surface area (Å²) in [5.41, 5.74) is 0. The minimum absolute atomic E-state index is 0.102. The number of esters is 3. The SMILES string of the molecule is CC/C=C\C/C=C\C/C=C\C/C=C\C/C=C\CC(=O)OC(COC(=O)CCCCCCCCCCCCCCCCC)COC(=O)CCCCCCCCCCCCCCCCCCCCCCCCCCCCCCCCCCCC. The molecule has 0 amide bonds. The van der Waals surface area contributed by atoms with Crippen LogP contribution in [0.2, 0.25) is 0 Å². The van der Waals surface area contributed by atoms with Crippen LogP contribution in [-0.2, 0) is 28.6 Å². The highest BCUT2D eigenvalue weighted by molar-refractivity contribution is 5.72. The van der Waals surface area contributed by atoms with Crippen LogP contribution in [-0.4, -0.2) is 37.2 Å². The predicted molar refractivity (Wildman–Crippen MR) is 358 cm³/mol. The molecule has 0 radical (unpaired) electrons. The van der Waals surface area contributed by atoms with Crippen LogP contribution < -0.4 is 0 Å². The monoisotopic (exact) mass is 1150 g/mol. The molecule has 1 unspecified atom stereocenters. The Labute approximate surface area is 510 Å². The number of unbranched alkanes of at least 4 members (excludes halogenated alkanes) is 47. The van der Waals surface area contributed by atoms with Gasteiger partial charge < -0.3 is 14.2 Å². The summed E-state index contributed by atoms with van der Waals surface area (Å²) in [6.07, 6.45) is 91.7. The molecule has 6 heteroatoms. The van der Waals surface area contributed by atoms with E-state index in [9.17, 15) is 14.4 Å². The van der Waals surface area contributed by atoms with E-state index in [1.54, 1.807) is 6.08 Å². The molecule has 478 valence electrons. The van der Waals surface area contributed by atoms with E-state index in [-0.39, 0.29) is 31.6 Å². The molecule has 0 rings (SSSR count). The average molecular weight is 1150 g/mol. The molecule has 0 aromatic carbocycles. The third-order valence-corrected chi connectivity index (χ3v) is 16.3. The van der Waals surface area contributed by atoms with Crippen molar-refractivity contribution < 1.29 is 28.6 Å². The zero-order chi connectivity index (χ0) is 59.2. The lowest BCUT2D eigenvalue weighted by Crippen LogP contribution is -2.30. The summed E-state index contributed by atoms with van der Waals surface area (Å²) in [6, 6.07) is 0. The highest BCUT2D eigenvalue weighted by Crippen LogP contribution is 2.19. The zero-order valence-electron chi connectivity index (χ0n) is 55.0. The summed E-state index contributed by atoms with van der Waals surface area (Å²) >= 11 is 0. The Balaban J connectivity index is 4.13. The van der Waals surface area contributed by atoms with Gasteiger partial charge in [0.15, 0.2) is 6.10 Å². The molecule has 0 aromatic heterocycles. The molecule has 0 saturated carbocycles. The molecular formula is C76H138O6. The molecule has 0 fully saturated rings. The average Bonchev–Trinajstić information content (AvgIpc) is 3.47. The summed E-state index contributed by atoms with van der Waals surface area (Å²) in [7, 11) is 0. The molecule has 82 heavy (non-hydrogen) atoms. The second-order valence-electron chi connectivity index (χ2n) is 24.5. The van der Waals surface area contributed by atoms with Crippen molar-refractivity contribution in [2.45, 2.75) is 393 Å². The molecule has 0 aromatic rings. The van der Waals surface area contributed by atoms with E-state index in [2.05, 4.69) is 69.4 Å². The molecule has 0 saturated heterocycles. The summed E-state index contributed by atoms with van der Waals surface area (Å²) in [4.78, 5) is 38.3. The van der Waals surface area contributed by atoms with Crippen LogP contribution in [0.15, 0.2) is 60.8 Å². The van der Waals surface area contributed by atoms with E-state index in [4.69, 9.17) is 14.2 Å². The first-order valence-electron chi connectivity index (χ1n) is 36.3. The van der Waals surface area contributed by atoms with Gasteiger partial charge in [0.2, 0.25) is 0 Å². The van der Waals surface area contributed by atoms with Crippen molar-refractivity contribution in [2.75, 3.05) is 13.2 Å². The normalized spacial score (nSPS) is 12.4. The maximum atomic E-state index is 12.8. The number of hydrogen-bond acceptors (Lipinski definition) is 6. The quantitative estimate of drug-likeness (QED) is 0.0261. The second kappa shape index (κ2) is 70.6. The molecule has 1 atom stereocenters. The van der Waals surface area contributed by atoms with Gasteiger partial charge in [0, 0.05) is 12.8 Å². The summed E-state index contributed by atoms with van der Waals surface area (Å²) in [5.74, 6) is -1.02. The zero-order valence-corrected chi connectivity index (χ0v) is 55.0. The Kier molecular flexibility index (Phi) is 68.1. The third kappa shape index (κ3) is 67.9.